The molecule has 138 valence electrons. The van der Waals surface area contributed by atoms with Crippen LogP contribution in [-0.2, 0) is 9.59 Å². The number of nitrogens with one attached hydrogen (secondary N) is 4. The average molecular weight is 399 g/mol. The number of amides is 2. The van der Waals surface area contributed by atoms with Crippen LogP contribution in [0.3, 0.4) is 0 Å². The smallest absolute Gasteiger partial charge is 0.329 e. The Kier molecular flexibility index (Phi) is 6.76. The minimum absolute atomic E-state index is 0.421. The third kappa shape index (κ3) is 5.08. The molecule has 0 aliphatic heterocycles. The Hall–Kier alpha value is -2.84. The highest BCUT2D eigenvalue weighted by Crippen LogP contribution is 2.27. The summed E-state index contributed by atoms with van der Waals surface area (Å²) in [5.74, 6) is -0.970. The van der Waals surface area contributed by atoms with Gasteiger partial charge in [-0.3, -0.25) is 31.3 Å². The van der Waals surface area contributed by atoms with Gasteiger partial charge in [0.05, 0.1) is 35.6 Å². The van der Waals surface area contributed by atoms with Crippen molar-refractivity contribution in [2.75, 3.05) is 25.1 Å². The molecule has 2 aromatic carbocycles. The molecule has 26 heavy (non-hydrogen) atoms. The van der Waals surface area contributed by atoms with Crippen LogP contribution in [0.4, 0.5) is 11.4 Å². The van der Waals surface area contributed by atoms with Gasteiger partial charge in [-0.15, -0.1) is 0 Å². The fraction of sp³-hybridized carbons (Fsp3) is 0.125. The Labute approximate surface area is 159 Å². The van der Waals surface area contributed by atoms with Crippen LogP contribution in [0.25, 0.3) is 0 Å². The molecule has 2 rings (SSSR count). The molecule has 0 unspecified atom stereocenters. The number of methoxy groups -OCH3 is 2. The van der Waals surface area contributed by atoms with E-state index in [-0.39, 0.29) is 0 Å². The molecular formula is C16H16Cl2N4O4. The summed E-state index contributed by atoms with van der Waals surface area (Å²) in [5.41, 5.74) is 10.7. The zero-order chi connectivity index (χ0) is 19.1. The third-order valence-electron chi connectivity index (χ3n) is 3.15. The Morgan fingerprint density at radius 3 is 1.50 bits per heavy atom. The number of carbonyl (C=O) groups excluding carboxylic acids is 2. The number of hydrogen-bond donors (Lipinski definition) is 4. The largest absolute Gasteiger partial charge is 0.495 e. The number of hydrazine groups is 2. The van der Waals surface area contributed by atoms with Crippen LogP contribution in [0.1, 0.15) is 0 Å². The number of benzene rings is 2. The molecule has 0 saturated carbocycles. The number of halogens is 2. The van der Waals surface area contributed by atoms with Crippen molar-refractivity contribution < 1.29 is 19.1 Å². The molecule has 0 saturated heterocycles. The Morgan fingerprint density at radius 1 is 0.769 bits per heavy atom. The number of rotatable bonds is 6. The number of hydrogen-bond acceptors (Lipinski definition) is 6. The highest BCUT2D eigenvalue weighted by Gasteiger charge is 2.13. The molecule has 10 heteroatoms. The second-order valence-electron chi connectivity index (χ2n) is 4.86. The van der Waals surface area contributed by atoms with E-state index >= 15 is 0 Å². The lowest BCUT2D eigenvalue weighted by Crippen LogP contribution is -2.44. The van der Waals surface area contributed by atoms with Gasteiger partial charge in [-0.1, -0.05) is 23.2 Å². The van der Waals surface area contributed by atoms with Gasteiger partial charge in [0.25, 0.3) is 0 Å². The van der Waals surface area contributed by atoms with Crippen LogP contribution in [-0.4, -0.2) is 26.0 Å². The zero-order valence-corrected chi connectivity index (χ0v) is 15.4. The molecule has 8 nitrogen and oxygen atoms in total. The first-order chi connectivity index (χ1) is 12.4. The highest BCUT2D eigenvalue weighted by atomic mass is 35.5. The second kappa shape index (κ2) is 9.02. The SMILES string of the molecule is COc1cc(NNC(=O)C(=O)NNc2ccc(Cl)c(OC)c2)ccc1Cl. The third-order valence-corrected chi connectivity index (χ3v) is 3.77. The summed E-state index contributed by atoms with van der Waals surface area (Å²) in [5, 5.41) is 0.842. The van der Waals surface area contributed by atoms with Crippen LogP contribution in [0.5, 0.6) is 11.5 Å². The van der Waals surface area contributed by atoms with Crippen molar-refractivity contribution in [3.8, 4) is 11.5 Å². The first kappa shape index (κ1) is 19.5. The maximum absolute atomic E-state index is 11.8. The maximum Gasteiger partial charge on any atom is 0.329 e. The predicted molar refractivity (Wildman–Crippen MR) is 99.5 cm³/mol. The van der Waals surface area contributed by atoms with E-state index in [1.165, 1.54) is 14.2 Å². The molecule has 0 heterocycles. The van der Waals surface area contributed by atoms with E-state index in [4.69, 9.17) is 32.7 Å². The molecule has 0 spiro atoms. The summed E-state index contributed by atoms with van der Waals surface area (Å²) in [6.45, 7) is 0. The zero-order valence-electron chi connectivity index (χ0n) is 13.9. The second-order valence-corrected chi connectivity index (χ2v) is 5.67. The fourth-order valence-corrected chi connectivity index (χ4v) is 2.24. The lowest BCUT2D eigenvalue weighted by Gasteiger charge is -2.12. The van der Waals surface area contributed by atoms with Crippen LogP contribution in [0.2, 0.25) is 10.0 Å². The molecule has 2 amide bonds. The van der Waals surface area contributed by atoms with E-state index in [0.717, 1.165) is 0 Å². The van der Waals surface area contributed by atoms with Gasteiger partial charge < -0.3 is 9.47 Å². The quantitative estimate of drug-likeness (QED) is 0.440. The van der Waals surface area contributed by atoms with Gasteiger partial charge in [0.15, 0.2) is 0 Å². The van der Waals surface area contributed by atoms with Gasteiger partial charge in [0.1, 0.15) is 11.5 Å². The van der Waals surface area contributed by atoms with Gasteiger partial charge in [-0.25, -0.2) is 0 Å². The van der Waals surface area contributed by atoms with Gasteiger partial charge in [0, 0.05) is 12.1 Å². The van der Waals surface area contributed by atoms with Crippen molar-refractivity contribution in [1.29, 1.82) is 0 Å². The topological polar surface area (TPSA) is 101 Å². The lowest BCUT2D eigenvalue weighted by atomic mass is 10.3. The summed E-state index contributed by atoms with van der Waals surface area (Å²) < 4.78 is 10.1. The number of ether oxygens (including phenoxy) is 2. The van der Waals surface area contributed by atoms with Crippen molar-refractivity contribution in [3.05, 3.63) is 46.4 Å². The van der Waals surface area contributed by atoms with E-state index in [1.54, 1.807) is 36.4 Å². The molecule has 0 aromatic heterocycles. The minimum atomic E-state index is -0.910. The van der Waals surface area contributed by atoms with Crippen molar-refractivity contribution in [3.63, 3.8) is 0 Å². The maximum atomic E-state index is 11.8. The van der Waals surface area contributed by atoms with E-state index in [1.807, 2.05) is 0 Å². The molecule has 0 fully saturated rings. The van der Waals surface area contributed by atoms with E-state index in [2.05, 4.69) is 21.7 Å². The van der Waals surface area contributed by atoms with Crippen molar-refractivity contribution in [2.24, 2.45) is 0 Å². The number of anilines is 2. The minimum Gasteiger partial charge on any atom is -0.495 e. The molecule has 4 N–H and O–H groups in total. The summed E-state index contributed by atoms with van der Waals surface area (Å²) >= 11 is 11.8. The summed E-state index contributed by atoms with van der Waals surface area (Å²) in [4.78, 5) is 23.6. The van der Waals surface area contributed by atoms with Crippen molar-refractivity contribution in [1.82, 2.24) is 10.9 Å². The van der Waals surface area contributed by atoms with Crippen LogP contribution < -0.4 is 31.2 Å². The van der Waals surface area contributed by atoms with E-state index in [9.17, 15) is 9.59 Å². The highest BCUT2D eigenvalue weighted by molar-refractivity contribution is 6.35. The molecule has 0 aliphatic carbocycles. The van der Waals surface area contributed by atoms with Gasteiger partial charge >= 0.3 is 11.8 Å². The summed E-state index contributed by atoms with van der Waals surface area (Å²) in [6, 6.07) is 9.54. The Morgan fingerprint density at radius 2 is 1.15 bits per heavy atom. The van der Waals surface area contributed by atoms with Gasteiger partial charge in [-0.05, 0) is 24.3 Å². The first-order valence-electron chi connectivity index (χ1n) is 7.24. The van der Waals surface area contributed by atoms with Crippen molar-refractivity contribution >= 4 is 46.4 Å². The molecule has 0 aliphatic rings. The lowest BCUT2D eigenvalue weighted by molar-refractivity contribution is -0.138. The normalized spacial score (nSPS) is 9.85. The first-order valence-corrected chi connectivity index (χ1v) is 7.99. The summed E-state index contributed by atoms with van der Waals surface area (Å²) in [6.07, 6.45) is 0. The van der Waals surface area contributed by atoms with Crippen molar-refractivity contribution in [2.45, 2.75) is 0 Å². The van der Waals surface area contributed by atoms with Crippen LogP contribution in [0, 0.1) is 0 Å². The summed E-state index contributed by atoms with van der Waals surface area (Å²) in [7, 11) is 2.93. The molecule has 2 aromatic rings. The predicted octanol–water partition coefficient (Wildman–Crippen LogP) is 2.60. The average Bonchev–Trinajstić information content (AvgIpc) is 2.66. The fourth-order valence-electron chi connectivity index (χ4n) is 1.85. The van der Waals surface area contributed by atoms with Crippen LogP contribution >= 0.6 is 23.2 Å². The Bertz CT molecular complexity index is 749. The molecular weight excluding hydrogens is 383 g/mol. The van der Waals surface area contributed by atoms with Gasteiger partial charge in [-0.2, -0.15) is 0 Å². The molecule has 0 radical (unpaired) electrons. The molecule has 0 atom stereocenters. The van der Waals surface area contributed by atoms with Gasteiger partial charge in [0.2, 0.25) is 0 Å². The monoisotopic (exact) mass is 398 g/mol. The van der Waals surface area contributed by atoms with E-state index < -0.39 is 11.8 Å². The van der Waals surface area contributed by atoms with Crippen LogP contribution in [0.15, 0.2) is 36.4 Å². The Balaban J connectivity index is 1.87. The van der Waals surface area contributed by atoms with E-state index in [0.29, 0.717) is 32.9 Å². The number of carbonyl (C=O) groups is 2. The standard InChI is InChI=1S/C16H16Cl2N4O4/c1-25-13-7-9(3-5-11(13)17)19-21-15(23)16(24)22-20-10-4-6-12(18)14(8-10)26-2/h3-8,19-20H,1-2H3,(H,21,23)(H,22,24). The molecule has 0 bridgehead atoms.